The van der Waals surface area contributed by atoms with Crippen molar-refractivity contribution in [3.05, 3.63) is 36.0 Å². The van der Waals surface area contributed by atoms with Crippen LogP contribution in [0.1, 0.15) is 16.2 Å². The maximum atomic E-state index is 11.9. The molecule has 10 heteroatoms. The van der Waals surface area contributed by atoms with Crippen molar-refractivity contribution >= 4 is 16.0 Å². The number of carboxylic acids is 1. The van der Waals surface area contributed by atoms with Gasteiger partial charge in [-0.1, -0.05) is 0 Å². The lowest BCUT2D eigenvalue weighted by molar-refractivity contribution is 0.0696. The second-order valence-corrected chi connectivity index (χ2v) is 5.89. The monoisotopic (exact) mass is 311 g/mol. The Labute approximate surface area is 120 Å². The molecule has 0 spiro atoms. The van der Waals surface area contributed by atoms with Crippen LogP contribution in [-0.4, -0.2) is 45.8 Å². The highest BCUT2D eigenvalue weighted by Crippen LogP contribution is 2.06. The van der Waals surface area contributed by atoms with Crippen LogP contribution in [0.15, 0.2) is 29.7 Å². The third-order valence-electron chi connectivity index (χ3n) is 2.55. The second-order valence-electron chi connectivity index (χ2n) is 4.17. The van der Waals surface area contributed by atoms with Crippen LogP contribution in [0.25, 0.3) is 0 Å². The molecule has 2 rings (SSSR count). The van der Waals surface area contributed by atoms with Gasteiger partial charge in [-0.05, 0) is 12.1 Å². The molecule has 9 nitrogen and oxygen atoms in total. The fourth-order valence-electron chi connectivity index (χ4n) is 1.54. The molecule has 0 fully saturated rings. The van der Waals surface area contributed by atoms with Gasteiger partial charge in [-0.15, -0.1) is 0 Å². The highest BCUT2D eigenvalue weighted by molar-refractivity contribution is 7.89. The lowest BCUT2D eigenvalue weighted by Gasteiger charge is -2.05. The number of aromatic carboxylic acids is 1. The molecule has 0 unspecified atom stereocenters. The molecule has 21 heavy (non-hydrogen) atoms. The highest BCUT2D eigenvalue weighted by atomic mass is 32.2. The average molecular weight is 311 g/mol. The van der Waals surface area contributed by atoms with Crippen molar-refractivity contribution in [1.82, 2.24) is 24.5 Å². The number of sulfonamides is 1. The number of rotatable bonds is 6. The Kier molecular flexibility index (Phi) is 4.29. The third kappa shape index (κ3) is 3.83. The molecule has 112 valence electrons. The van der Waals surface area contributed by atoms with E-state index in [1.54, 1.807) is 7.05 Å². The summed E-state index contributed by atoms with van der Waals surface area (Å²) in [5.41, 5.74) is -0.0772. The lowest BCUT2D eigenvalue weighted by atomic mass is 10.3. The topological polar surface area (TPSA) is 127 Å². The Morgan fingerprint density at radius 3 is 2.67 bits per heavy atom. The molecule has 0 radical (unpaired) electrons. The highest BCUT2D eigenvalue weighted by Gasteiger charge is 2.16. The summed E-state index contributed by atoms with van der Waals surface area (Å²) in [6.45, 7) is 0.120. The van der Waals surface area contributed by atoms with Crippen LogP contribution in [-0.2, 0) is 23.5 Å². The number of aryl methyl sites for hydroxylation is 1. The van der Waals surface area contributed by atoms with Crippen molar-refractivity contribution in [2.45, 2.75) is 11.4 Å². The minimum atomic E-state index is -3.78. The molecule has 0 atom stereocenters. The van der Waals surface area contributed by atoms with Crippen LogP contribution >= 0.6 is 0 Å². The number of hydrogen-bond donors (Lipinski definition) is 2. The molecule has 0 aromatic carbocycles. The van der Waals surface area contributed by atoms with E-state index in [-0.39, 0.29) is 17.1 Å². The molecule has 2 N–H and O–H groups in total. The van der Waals surface area contributed by atoms with E-state index in [1.165, 1.54) is 17.1 Å². The molecule has 0 bridgehead atoms. The summed E-state index contributed by atoms with van der Waals surface area (Å²) in [6, 6.07) is 2.33. The van der Waals surface area contributed by atoms with E-state index >= 15 is 0 Å². The molecular weight excluding hydrogens is 298 g/mol. The van der Waals surface area contributed by atoms with Gasteiger partial charge in [0.05, 0.1) is 5.56 Å². The molecular formula is C11H13N5O4S. The Balaban J connectivity index is 1.99. The SMILES string of the molecule is Cn1cnc(CCNS(=O)(=O)c2ccc(C(=O)O)cn2)n1. The summed E-state index contributed by atoms with van der Waals surface area (Å²) in [7, 11) is -2.07. The maximum Gasteiger partial charge on any atom is 0.337 e. The summed E-state index contributed by atoms with van der Waals surface area (Å²) in [4.78, 5) is 18.3. The minimum absolute atomic E-state index is 0.0772. The fourth-order valence-corrected chi connectivity index (χ4v) is 2.49. The molecule has 0 amide bonds. The number of carboxylic acid groups (broad SMARTS) is 1. The molecule has 2 aromatic heterocycles. The summed E-state index contributed by atoms with van der Waals surface area (Å²) in [5.74, 6) is -0.644. The van der Waals surface area contributed by atoms with Gasteiger partial charge in [-0.3, -0.25) is 4.68 Å². The van der Waals surface area contributed by atoms with Crippen LogP contribution in [0, 0.1) is 0 Å². The summed E-state index contributed by atoms with van der Waals surface area (Å²) >= 11 is 0. The Morgan fingerprint density at radius 2 is 2.14 bits per heavy atom. The first-order chi connectivity index (χ1) is 9.88. The first-order valence-electron chi connectivity index (χ1n) is 5.92. The smallest absolute Gasteiger partial charge is 0.337 e. The minimum Gasteiger partial charge on any atom is -0.478 e. The Bertz CT molecular complexity index is 738. The zero-order valence-electron chi connectivity index (χ0n) is 11.1. The number of nitrogens with one attached hydrogen (secondary N) is 1. The van der Waals surface area contributed by atoms with E-state index in [2.05, 4.69) is 19.8 Å². The van der Waals surface area contributed by atoms with Crippen LogP contribution in [0.3, 0.4) is 0 Å². The maximum absolute atomic E-state index is 11.9. The van der Waals surface area contributed by atoms with Gasteiger partial charge in [0, 0.05) is 26.2 Å². The van der Waals surface area contributed by atoms with E-state index in [9.17, 15) is 13.2 Å². The van der Waals surface area contributed by atoms with Gasteiger partial charge >= 0.3 is 5.97 Å². The van der Waals surface area contributed by atoms with Crippen molar-refractivity contribution in [2.75, 3.05) is 6.54 Å². The van der Waals surface area contributed by atoms with E-state index in [0.29, 0.717) is 12.2 Å². The van der Waals surface area contributed by atoms with Crippen molar-refractivity contribution < 1.29 is 18.3 Å². The van der Waals surface area contributed by atoms with Crippen LogP contribution in [0.2, 0.25) is 0 Å². The molecule has 0 saturated heterocycles. The van der Waals surface area contributed by atoms with Crippen LogP contribution in [0.5, 0.6) is 0 Å². The van der Waals surface area contributed by atoms with Gasteiger partial charge in [0.15, 0.2) is 10.9 Å². The van der Waals surface area contributed by atoms with Gasteiger partial charge in [0.1, 0.15) is 6.33 Å². The number of pyridine rings is 1. The quantitative estimate of drug-likeness (QED) is 0.731. The Morgan fingerprint density at radius 1 is 1.38 bits per heavy atom. The van der Waals surface area contributed by atoms with Gasteiger partial charge in [-0.2, -0.15) is 5.10 Å². The molecule has 0 aliphatic rings. The molecule has 2 heterocycles. The average Bonchev–Trinajstić information content (AvgIpc) is 2.84. The third-order valence-corrected chi connectivity index (χ3v) is 3.92. The summed E-state index contributed by atoms with van der Waals surface area (Å²) in [5, 5.41) is 12.5. The zero-order chi connectivity index (χ0) is 15.5. The van der Waals surface area contributed by atoms with E-state index in [0.717, 1.165) is 12.3 Å². The van der Waals surface area contributed by atoms with Gasteiger partial charge < -0.3 is 5.11 Å². The standard InChI is InChI=1S/C11H13N5O4S/c1-16-7-13-9(15-16)4-5-14-21(19,20)10-3-2-8(6-12-10)11(17)18/h2-3,6-7,14H,4-5H2,1H3,(H,17,18). The number of aromatic nitrogens is 4. The van der Waals surface area contributed by atoms with E-state index < -0.39 is 16.0 Å². The van der Waals surface area contributed by atoms with Gasteiger partial charge in [-0.25, -0.2) is 27.9 Å². The zero-order valence-corrected chi connectivity index (χ0v) is 11.9. The largest absolute Gasteiger partial charge is 0.478 e. The first-order valence-corrected chi connectivity index (χ1v) is 7.40. The summed E-state index contributed by atoms with van der Waals surface area (Å²) in [6.07, 6.45) is 2.86. The second kappa shape index (κ2) is 5.97. The summed E-state index contributed by atoms with van der Waals surface area (Å²) < 4.78 is 27.8. The number of nitrogens with zero attached hydrogens (tertiary/aromatic N) is 4. The normalized spacial score (nSPS) is 11.5. The van der Waals surface area contributed by atoms with Crippen molar-refractivity contribution in [2.24, 2.45) is 7.05 Å². The molecule has 2 aromatic rings. The predicted octanol–water partition coefficient (Wildman–Crippen LogP) is -0.571. The molecule has 0 aliphatic carbocycles. The van der Waals surface area contributed by atoms with E-state index in [4.69, 9.17) is 5.11 Å². The first kappa shape index (κ1) is 15.1. The molecule has 0 saturated carbocycles. The van der Waals surface area contributed by atoms with Crippen LogP contribution in [0.4, 0.5) is 0 Å². The van der Waals surface area contributed by atoms with Gasteiger partial charge in [0.25, 0.3) is 10.0 Å². The van der Waals surface area contributed by atoms with Crippen molar-refractivity contribution in [1.29, 1.82) is 0 Å². The van der Waals surface area contributed by atoms with E-state index in [1.807, 2.05) is 0 Å². The molecule has 0 aliphatic heterocycles. The van der Waals surface area contributed by atoms with Crippen molar-refractivity contribution in [3.63, 3.8) is 0 Å². The predicted molar refractivity (Wildman–Crippen MR) is 71.1 cm³/mol. The van der Waals surface area contributed by atoms with Gasteiger partial charge in [0.2, 0.25) is 0 Å². The Hall–Kier alpha value is -2.33. The van der Waals surface area contributed by atoms with Crippen LogP contribution < -0.4 is 4.72 Å². The number of carbonyl (C=O) groups is 1. The fraction of sp³-hybridized carbons (Fsp3) is 0.273. The lowest BCUT2D eigenvalue weighted by Crippen LogP contribution is -2.27. The van der Waals surface area contributed by atoms with Crippen molar-refractivity contribution in [3.8, 4) is 0 Å². The number of hydrogen-bond acceptors (Lipinski definition) is 6.